The van der Waals surface area contributed by atoms with E-state index in [2.05, 4.69) is 14.8 Å². The highest BCUT2D eigenvalue weighted by Crippen LogP contribution is 2.25. The summed E-state index contributed by atoms with van der Waals surface area (Å²) in [6, 6.07) is 5.23. The summed E-state index contributed by atoms with van der Waals surface area (Å²) in [5.74, 6) is 0. The lowest BCUT2D eigenvalue weighted by Gasteiger charge is -2.19. The quantitative estimate of drug-likeness (QED) is 0.782. The number of aryl methyl sites for hydroxylation is 1. The molecule has 0 saturated carbocycles. The summed E-state index contributed by atoms with van der Waals surface area (Å²) in [6.45, 7) is 2.56. The minimum atomic E-state index is -3.98. The molecular formula is C12H17N3O4S. The van der Waals surface area contributed by atoms with Gasteiger partial charge in [0.25, 0.3) is 0 Å². The van der Waals surface area contributed by atoms with Crippen LogP contribution in [0.4, 0.5) is 16.2 Å². The molecule has 1 aliphatic heterocycles. The largest absolute Gasteiger partial charge is 0.449 e. The van der Waals surface area contributed by atoms with Crippen molar-refractivity contribution >= 4 is 27.7 Å². The monoisotopic (exact) mass is 299 g/mol. The average Bonchev–Trinajstić information content (AvgIpc) is 2.37. The molecule has 0 spiro atoms. The summed E-state index contributed by atoms with van der Waals surface area (Å²) in [4.78, 5) is 11.1. The zero-order valence-corrected chi connectivity index (χ0v) is 11.9. The molecule has 0 saturated heterocycles. The topological polar surface area (TPSA) is 96.5 Å². The molecule has 0 atom stereocenters. The van der Waals surface area contributed by atoms with Crippen molar-refractivity contribution in [2.24, 2.45) is 0 Å². The first-order valence-corrected chi connectivity index (χ1v) is 7.82. The van der Waals surface area contributed by atoms with E-state index >= 15 is 0 Å². The smallest absolute Gasteiger partial charge is 0.422 e. The highest BCUT2D eigenvalue weighted by atomic mass is 32.2. The van der Waals surface area contributed by atoms with Crippen LogP contribution in [0.15, 0.2) is 18.2 Å². The van der Waals surface area contributed by atoms with Crippen LogP contribution in [0.5, 0.6) is 0 Å². The molecule has 2 rings (SSSR count). The number of benzene rings is 1. The SMILES string of the molecule is CCOC(=O)NS(=O)(=O)Nc1ccc2c(c1)NCCC2. The molecule has 8 heteroatoms. The molecule has 110 valence electrons. The van der Waals surface area contributed by atoms with Crippen molar-refractivity contribution in [3.8, 4) is 0 Å². The Kier molecular flexibility index (Phi) is 4.33. The highest BCUT2D eigenvalue weighted by Gasteiger charge is 2.16. The molecule has 1 aliphatic rings. The third kappa shape index (κ3) is 3.77. The first kappa shape index (κ1) is 14.4. The summed E-state index contributed by atoms with van der Waals surface area (Å²) < 4.78 is 32.0. The van der Waals surface area contributed by atoms with Gasteiger partial charge in [-0.1, -0.05) is 6.07 Å². The Morgan fingerprint density at radius 1 is 1.45 bits per heavy atom. The molecule has 0 fully saturated rings. The third-order valence-corrected chi connectivity index (χ3v) is 3.73. The number of hydrogen-bond donors (Lipinski definition) is 3. The number of amides is 1. The van der Waals surface area contributed by atoms with Crippen molar-refractivity contribution < 1.29 is 17.9 Å². The van der Waals surface area contributed by atoms with Gasteiger partial charge in [0.15, 0.2) is 0 Å². The van der Waals surface area contributed by atoms with E-state index in [0.29, 0.717) is 5.69 Å². The summed E-state index contributed by atoms with van der Waals surface area (Å²) in [7, 11) is -3.98. The Balaban J connectivity index is 2.07. The van der Waals surface area contributed by atoms with Crippen molar-refractivity contribution in [1.29, 1.82) is 0 Å². The Morgan fingerprint density at radius 3 is 3.00 bits per heavy atom. The van der Waals surface area contributed by atoms with Crippen LogP contribution in [0, 0.1) is 0 Å². The minimum Gasteiger partial charge on any atom is -0.449 e. The molecule has 1 heterocycles. The lowest BCUT2D eigenvalue weighted by atomic mass is 10.0. The number of rotatable bonds is 4. The number of ether oxygens (including phenoxy) is 1. The van der Waals surface area contributed by atoms with E-state index in [-0.39, 0.29) is 6.61 Å². The first-order valence-electron chi connectivity index (χ1n) is 6.34. The van der Waals surface area contributed by atoms with Gasteiger partial charge < -0.3 is 10.1 Å². The summed E-state index contributed by atoms with van der Waals surface area (Å²) in [6.07, 6.45) is 1.02. The van der Waals surface area contributed by atoms with Crippen molar-refractivity contribution in [3.63, 3.8) is 0 Å². The minimum absolute atomic E-state index is 0.101. The van der Waals surface area contributed by atoms with Gasteiger partial charge in [-0.15, -0.1) is 0 Å². The van der Waals surface area contributed by atoms with Crippen molar-refractivity contribution in [1.82, 2.24) is 4.72 Å². The van der Waals surface area contributed by atoms with Crippen LogP contribution in [0.25, 0.3) is 0 Å². The average molecular weight is 299 g/mol. The normalized spacial score (nSPS) is 13.8. The molecule has 3 N–H and O–H groups in total. The Labute approximate surface area is 117 Å². The molecule has 0 unspecified atom stereocenters. The van der Waals surface area contributed by atoms with Crippen LogP contribution >= 0.6 is 0 Å². The van der Waals surface area contributed by atoms with Crippen molar-refractivity contribution in [2.75, 3.05) is 23.2 Å². The van der Waals surface area contributed by atoms with E-state index < -0.39 is 16.3 Å². The molecule has 1 aromatic carbocycles. The van der Waals surface area contributed by atoms with Gasteiger partial charge in [-0.25, -0.2) is 9.52 Å². The number of fused-ring (bicyclic) bond motifs is 1. The van der Waals surface area contributed by atoms with E-state index in [9.17, 15) is 13.2 Å². The second kappa shape index (κ2) is 6.00. The third-order valence-electron chi connectivity index (χ3n) is 2.79. The molecule has 0 radical (unpaired) electrons. The van der Waals surface area contributed by atoms with E-state index in [1.165, 1.54) is 0 Å². The van der Waals surface area contributed by atoms with Gasteiger partial charge >= 0.3 is 16.3 Å². The van der Waals surface area contributed by atoms with E-state index in [1.54, 1.807) is 23.8 Å². The molecule has 20 heavy (non-hydrogen) atoms. The predicted molar refractivity (Wildman–Crippen MR) is 76.0 cm³/mol. The Morgan fingerprint density at radius 2 is 2.25 bits per heavy atom. The fourth-order valence-corrected chi connectivity index (χ4v) is 2.74. The maximum atomic E-state index is 11.7. The standard InChI is InChI=1S/C12H17N3O4S/c1-2-19-12(16)15-20(17,18)14-10-6-5-9-4-3-7-13-11(9)8-10/h5-6,8,13-14H,2-4,7H2,1H3,(H,15,16). The zero-order chi connectivity index (χ0) is 14.6. The summed E-state index contributed by atoms with van der Waals surface area (Å²) in [5.41, 5.74) is 2.44. The predicted octanol–water partition coefficient (Wildman–Crippen LogP) is 1.45. The molecule has 0 aromatic heterocycles. The Bertz CT molecular complexity index is 601. The van der Waals surface area contributed by atoms with E-state index in [0.717, 1.165) is 30.6 Å². The molecule has 1 aromatic rings. The van der Waals surface area contributed by atoms with Gasteiger partial charge in [-0.2, -0.15) is 8.42 Å². The van der Waals surface area contributed by atoms with Crippen LogP contribution in [-0.2, 0) is 21.4 Å². The van der Waals surface area contributed by atoms with Crippen molar-refractivity contribution in [2.45, 2.75) is 19.8 Å². The van der Waals surface area contributed by atoms with Crippen LogP contribution in [0.1, 0.15) is 18.9 Å². The fourth-order valence-electron chi connectivity index (χ4n) is 1.98. The van der Waals surface area contributed by atoms with Gasteiger partial charge in [0.2, 0.25) is 0 Å². The summed E-state index contributed by atoms with van der Waals surface area (Å²) >= 11 is 0. The second-order valence-electron chi connectivity index (χ2n) is 4.33. The van der Waals surface area contributed by atoms with Gasteiger partial charge in [-0.3, -0.25) is 4.72 Å². The highest BCUT2D eigenvalue weighted by molar-refractivity contribution is 7.91. The molecule has 0 aliphatic carbocycles. The molecule has 0 bridgehead atoms. The number of anilines is 2. The second-order valence-corrected chi connectivity index (χ2v) is 5.75. The number of nitrogens with one attached hydrogen (secondary N) is 3. The number of hydrogen-bond acceptors (Lipinski definition) is 5. The van der Waals surface area contributed by atoms with Gasteiger partial charge in [0, 0.05) is 12.2 Å². The van der Waals surface area contributed by atoms with Gasteiger partial charge in [-0.05, 0) is 37.5 Å². The molecule has 1 amide bonds. The van der Waals surface area contributed by atoms with Gasteiger partial charge in [0.05, 0.1) is 12.3 Å². The van der Waals surface area contributed by atoms with E-state index in [1.807, 2.05) is 6.07 Å². The van der Waals surface area contributed by atoms with Crippen LogP contribution in [0.2, 0.25) is 0 Å². The molecule has 7 nitrogen and oxygen atoms in total. The summed E-state index contributed by atoms with van der Waals surface area (Å²) in [5, 5.41) is 3.20. The molecular weight excluding hydrogens is 282 g/mol. The zero-order valence-electron chi connectivity index (χ0n) is 11.1. The lowest BCUT2D eigenvalue weighted by molar-refractivity contribution is 0.159. The fraction of sp³-hybridized carbons (Fsp3) is 0.417. The maximum absolute atomic E-state index is 11.7. The number of carbonyl (C=O) groups excluding carboxylic acids is 1. The first-order chi connectivity index (χ1) is 9.50. The van der Waals surface area contributed by atoms with Gasteiger partial charge in [0.1, 0.15) is 0 Å². The van der Waals surface area contributed by atoms with Crippen LogP contribution in [-0.4, -0.2) is 27.7 Å². The van der Waals surface area contributed by atoms with Crippen molar-refractivity contribution in [3.05, 3.63) is 23.8 Å². The van der Waals surface area contributed by atoms with E-state index in [4.69, 9.17) is 0 Å². The lowest BCUT2D eigenvalue weighted by Crippen LogP contribution is -2.35. The number of carbonyl (C=O) groups is 1. The Hall–Kier alpha value is -1.96. The maximum Gasteiger partial charge on any atom is 0.422 e. The van der Waals surface area contributed by atoms with Crippen LogP contribution < -0.4 is 14.8 Å². The van der Waals surface area contributed by atoms with Crippen LogP contribution in [0.3, 0.4) is 0 Å².